The Balaban J connectivity index is 1.35. The third-order valence-electron chi connectivity index (χ3n) is 6.99. The smallest absolute Gasteiger partial charge is 0.0146 e. The highest BCUT2D eigenvalue weighted by molar-refractivity contribution is 6.00. The summed E-state index contributed by atoms with van der Waals surface area (Å²) < 4.78 is 0. The highest BCUT2D eigenvalue weighted by Gasteiger charge is 2.04. The fourth-order valence-electron chi connectivity index (χ4n) is 5.03. The fraction of sp³-hybridized carbons (Fsp3) is 0.235. The van der Waals surface area contributed by atoms with Gasteiger partial charge in [0.15, 0.2) is 0 Å². The van der Waals surface area contributed by atoms with E-state index in [1.54, 1.807) is 0 Å². The van der Waals surface area contributed by atoms with E-state index in [0.29, 0.717) is 0 Å². The highest BCUT2D eigenvalue weighted by Crippen LogP contribution is 2.28. The van der Waals surface area contributed by atoms with Gasteiger partial charge in [-0.3, -0.25) is 0 Å². The van der Waals surface area contributed by atoms with Crippen molar-refractivity contribution in [2.45, 2.75) is 51.9 Å². The Hall–Kier alpha value is -3.38. The van der Waals surface area contributed by atoms with E-state index in [2.05, 4.69) is 110 Å². The van der Waals surface area contributed by atoms with E-state index in [1.165, 1.54) is 94.0 Å². The topological polar surface area (TPSA) is 0 Å². The van der Waals surface area contributed by atoms with Crippen LogP contribution < -0.4 is 0 Å². The summed E-state index contributed by atoms with van der Waals surface area (Å²) in [6, 6.07) is 33.6. The second-order valence-electron chi connectivity index (χ2n) is 9.55. The molecule has 170 valence electrons. The minimum absolute atomic E-state index is 1.18. The molecular weight excluding hydrogens is 408 g/mol. The van der Waals surface area contributed by atoms with Gasteiger partial charge in [-0.15, -0.1) is 0 Å². The third-order valence-corrected chi connectivity index (χ3v) is 6.99. The van der Waals surface area contributed by atoms with Crippen LogP contribution >= 0.6 is 0 Å². The summed E-state index contributed by atoms with van der Waals surface area (Å²) in [6.07, 6.45) is 13.7. The fourth-order valence-corrected chi connectivity index (χ4v) is 5.03. The average molecular weight is 443 g/mol. The predicted molar refractivity (Wildman–Crippen MR) is 151 cm³/mol. The average Bonchev–Trinajstić information content (AvgIpc) is 2.88. The first-order valence-corrected chi connectivity index (χ1v) is 12.9. The van der Waals surface area contributed by atoms with Gasteiger partial charge in [-0.25, -0.2) is 0 Å². The van der Waals surface area contributed by atoms with Crippen molar-refractivity contribution in [3.8, 4) is 0 Å². The molecule has 0 aliphatic carbocycles. The van der Waals surface area contributed by atoms with Crippen LogP contribution in [0.3, 0.4) is 0 Å². The molecule has 0 saturated carbocycles. The van der Waals surface area contributed by atoms with Crippen LogP contribution in [0.4, 0.5) is 0 Å². The summed E-state index contributed by atoms with van der Waals surface area (Å²) >= 11 is 0. The zero-order valence-corrected chi connectivity index (χ0v) is 20.3. The Morgan fingerprint density at radius 3 is 1.97 bits per heavy atom. The first-order chi connectivity index (χ1) is 16.8. The van der Waals surface area contributed by atoms with Crippen molar-refractivity contribution in [1.29, 1.82) is 0 Å². The largest absolute Gasteiger partial charge is 0.0654 e. The van der Waals surface area contributed by atoms with Gasteiger partial charge in [0.05, 0.1) is 0 Å². The number of fused-ring (bicyclic) bond motifs is 3. The molecule has 34 heavy (non-hydrogen) atoms. The van der Waals surface area contributed by atoms with Crippen molar-refractivity contribution in [1.82, 2.24) is 0 Å². The number of unbranched alkanes of at least 4 members (excludes halogenated alkanes) is 5. The summed E-state index contributed by atoms with van der Waals surface area (Å²) in [5.74, 6) is 0. The summed E-state index contributed by atoms with van der Waals surface area (Å²) in [7, 11) is 0. The lowest BCUT2D eigenvalue weighted by atomic mass is 9.95. The van der Waals surface area contributed by atoms with E-state index in [9.17, 15) is 0 Å². The minimum Gasteiger partial charge on any atom is -0.0654 e. The number of hydrogen-bond donors (Lipinski definition) is 0. The quantitative estimate of drug-likeness (QED) is 0.121. The van der Waals surface area contributed by atoms with Gasteiger partial charge in [0, 0.05) is 0 Å². The Kier molecular flexibility index (Phi) is 7.05. The molecule has 0 aliphatic heterocycles. The molecule has 0 N–H and O–H groups in total. The molecule has 5 rings (SSSR count). The van der Waals surface area contributed by atoms with Gasteiger partial charge in [0.2, 0.25) is 0 Å². The van der Waals surface area contributed by atoms with Crippen LogP contribution in [0.5, 0.6) is 0 Å². The minimum atomic E-state index is 1.18. The summed E-state index contributed by atoms with van der Waals surface area (Å²) in [5, 5.41) is 7.98. The van der Waals surface area contributed by atoms with E-state index < -0.39 is 0 Å². The van der Waals surface area contributed by atoms with Crippen LogP contribution in [0.1, 0.15) is 62.1 Å². The van der Waals surface area contributed by atoms with Gasteiger partial charge in [-0.05, 0) is 86.1 Å². The normalized spacial score (nSPS) is 11.8. The van der Waals surface area contributed by atoms with Crippen molar-refractivity contribution < 1.29 is 0 Å². The SMILES string of the molecule is CCCCCCCCc1cccc2cc3cc(C=Cc4ccc5ccccc5c4)ccc3cc12. The van der Waals surface area contributed by atoms with Gasteiger partial charge in [-0.2, -0.15) is 0 Å². The van der Waals surface area contributed by atoms with Crippen molar-refractivity contribution in [3.63, 3.8) is 0 Å². The summed E-state index contributed by atoms with van der Waals surface area (Å²) in [6.45, 7) is 2.28. The molecule has 0 nitrogen and oxygen atoms in total. The van der Waals surface area contributed by atoms with E-state index in [-0.39, 0.29) is 0 Å². The van der Waals surface area contributed by atoms with Crippen molar-refractivity contribution >= 4 is 44.5 Å². The highest BCUT2D eigenvalue weighted by atomic mass is 14.1. The zero-order chi connectivity index (χ0) is 23.2. The molecule has 0 unspecified atom stereocenters. The molecule has 5 aromatic carbocycles. The van der Waals surface area contributed by atoms with E-state index in [1.807, 2.05) is 0 Å². The van der Waals surface area contributed by atoms with Gasteiger partial charge in [0.25, 0.3) is 0 Å². The van der Waals surface area contributed by atoms with Crippen LogP contribution in [0.25, 0.3) is 44.5 Å². The molecule has 0 bridgehead atoms. The lowest BCUT2D eigenvalue weighted by Crippen LogP contribution is -1.89. The molecule has 5 aromatic rings. The molecule has 0 aliphatic rings. The van der Waals surface area contributed by atoms with Crippen LogP contribution in [0, 0.1) is 0 Å². The van der Waals surface area contributed by atoms with Crippen molar-refractivity contribution in [3.05, 3.63) is 108 Å². The number of rotatable bonds is 9. The zero-order valence-electron chi connectivity index (χ0n) is 20.3. The summed E-state index contributed by atoms with van der Waals surface area (Å²) in [5.41, 5.74) is 3.97. The van der Waals surface area contributed by atoms with Crippen LogP contribution in [0.2, 0.25) is 0 Å². The Morgan fingerprint density at radius 2 is 1.15 bits per heavy atom. The molecular formula is C34H34. The predicted octanol–water partition coefficient (Wildman–Crippen LogP) is 10.2. The standard InChI is InChI=1S/C34H34/c1-2-3-4-5-6-7-12-29-14-10-15-32-24-33-23-27(19-21-31(33)25-34(29)32)17-16-26-18-20-28-11-8-9-13-30(28)22-26/h8-11,13-25H,2-7,12H2,1H3. The van der Waals surface area contributed by atoms with Crippen molar-refractivity contribution in [2.24, 2.45) is 0 Å². The Bertz CT molecular complexity index is 1440. The lowest BCUT2D eigenvalue weighted by molar-refractivity contribution is 0.608. The summed E-state index contributed by atoms with van der Waals surface area (Å²) in [4.78, 5) is 0. The molecule has 0 radical (unpaired) electrons. The number of aryl methyl sites for hydroxylation is 1. The van der Waals surface area contributed by atoms with Crippen LogP contribution in [-0.4, -0.2) is 0 Å². The molecule has 0 saturated heterocycles. The van der Waals surface area contributed by atoms with Gasteiger partial charge >= 0.3 is 0 Å². The van der Waals surface area contributed by atoms with E-state index in [0.717, 1.165) is 0 Å². The van der Waals surface area contributed by atoms with Crippen molar-refractivity contribution in [2.75, 3.05) is 0 Å². The lowest BCUT2D eigenvalue weighted by Gasteiger charge is -2.09. The van der Waals surface area contributed by atoms with Crippen LogP contribution in [-0.2, 0) is 6.42 Å². The molecule has 0 fully saturated rings. The molecule has 0 amide bonds. The Labute approximate surface area is 203 Å². The van der Waals surface area contributed by atoms with Crippen LogP contribution in [0.15, 0.2) is 91.0 Å². The Morgan fingerprint density at radius 1 is 0.500 bits per heavy atom. The maximum Gasteiger partial charge on any atom is -0.0146 e. The molecule has 0 heteroatoms. The second kappa shape index (κ2) is 10.7. The molecule has 0 heterocycles. The van der Waals surface area contributed by atoms with E-state index in [4.69, 9.17) is 0 Å². The van der Waals surface area contributed by atoms with Gasteiger partial charge < -0.3 is 0 Å². The first kappa shape index (κ1) is 22.4. The third kappa shape index (κ3) is 5.23. The monoisotopic (exact) mass is 442 g/mol. The maximum absolute atomic E-state index is 2.40. The second-order valence-corrected chi connectivity index (χ2v) is 9.55. The number of benzene rings is 5. The van der Waals surface area contributed by atoms with E-state index >= 15 is 0 Å². The van der Waals surface area contributed by atoms with Gasteiger partial charge in [-0.1, -0.05) is 118 Å². The maximum atomic E-state index is 2.40. The molecule has 0 aromatic heterocycles. The number of hydrogen-bond acceptors (Lipinski definition) is 0. The first-order valence-electron chi connectivity index (χ1n) is 12.9. The molecule has 0 spiro atoms. The molecule has 0 atom stereocenters. The van der Waals surface area contributed by atoms with Gasteiger partial charge in [0.1, 0.15) is 0 Å².